The quantitative estimate of drug-likeness (QED) is 0.502. The van der Waals surface area contributed by atoms with E-state index < -0.39 is 10.0 Å². The molecule has 2 amide bonds. The first-order valence-electron chi connectivity index (χ1n) is 11.2. The predicted octanol–water partition coefficient (Wildman–Crippen LogP) is 2.79. The summed E-state index contributed by atoms with van der Waals surface area (Å²) in [6.07, 6.45) is 3.43. The number of rotatable bonds is 11. The van der Waals surface area contributed by atoms with Crippen molar-refractivity contribution in [3.8, 4) is 5.75 Å². The Morgan fingerprint density at radius 3 is 2.68 bits per heavy atom. The molecule has 0 radical (unpaired) electrons. The summed E-state index contributed by atoms with van der Waals surface area (Å²) in [5, 5.41) is 5.63. The van der Waals surface area contributed by atoms with Gasteiger partial charge in [0, 0.05) is 32.2 Å². The van der Waals surface area contributed by atoms with Gasteiger partial charge in [0.05, 0.1) is 36.4 Å². The second kappa shape index (κ2) is 11.8. The lowest BCUT2D eigenvalue weighted by Gasteiger charge is -2.22. The molecule has 2 aromatic carbocycles. The zero-order valence-electron chi connectivity index (χ0n) is 19.5. The lowest BCUT2D eigenvalue weighted by Crippen LogP contribution is -2.32. The first-order chi connectivity index (χ1) is 16.3. The van der Waals surface area contributed by atoms with Crippen LogP contribution in [-0.4, -0.2) is 59.4 Å². The van der Waals surface area contributed by atoms with E-state index in [0.717, 1.165) is 19.1 Å². The topological polar surface area (TPSA) is 114 Å². The maximum Gasteiger partial charge on any atom is 0.253 e. The maximum atomic E-state index is 12.6. The Kier molecular flexibility index (Phi) is 8.89. The van der Waals surface area contributed by atoms with E-state index in [2.05, 4.69) is 10.6 Å². The van der Waals surface area contributed by atoms with E-state index >= 15 is 0 Å². The summed E-state index contributed by atoms with van der Waals surface area (Å²) in [6, 6.07) is 13.5. The van der Waals surface area contributed by atoms with Crippen LogP contribution in [0.25, 0.3) is 0 Å². The molecule has 0 bridgehead atoms. The van der Waals surface area contributed by atoms with E-state index in [9.17, 15) is 18.0 Å². The molecule has 2 N–H and O–H groups in total. The molecule has 34 heavy (non-hydrogen) atoms. The van der Waals surface area contributed by atoms with Crippen LogP contribution < -0.4 is 19.7 Å². The second-order valence-corrected chi connectivity index (χ2v) is 9.99. The zero-order chi connectivity index (χ0) is 24.6. The number of amides is 2. The predicted molar refractivity (Wildman–Crippen MR) is 131 cm³/mol. The van der Waals surface area contributed by atoms with E-state index in [1.165, 1.54) is 11.4 Å². The van der Waals surface area contributed by atoms with Gasteiger partial charge in [-0.05, 0) is 43.5 Å². The Morgan fingerprint density at radius 2 is 1.97 bits per heavy atom. The third-order valence-corrected chi connectivity index (χ3v) is 6.66. The summed E-state index contributed by atoms with van der Waals surface area (Å²) in [7, 11) is -2.04. The van der Waals surface area contributed by atoms with Crippen molar-refractivity contribution in [3.63, 3.8) is 0 Å². The lowest BCUT2D eigenvalue weighted by molar-refractivity contribution is -0.116. The Bertz CT molecular complexity index is 1100. The van der Waals surface area contributed by atoms with Gasteiger partial charge in [-0.3, -0.25) is 13.9 Å². The molecular weight excluding hydrogens is 458 g/mol. The number of para-hydroxylation sites is 1. The highest BCUT2D eigenvalue weighted by molar-refractivity contribution is 7.92. The molecule has 1 atom stereocenters. The number of hydrogen-bond acceptors (Lipinski definition) is 6. The number of methoxy groups -OCH3 is 1. The first-order valence-corrected chi connectivity index (χ1v) is 13.0. The Labute approximate surface area is 200 Å². The fourth-order valence-corrected chi connectivity index (χ4v) is 4.70. The summed E-state index contributed by atoms with van der Waals surface area (Å²) in [5.41, 5.74) is 1.24. The van der Waals surface area contributed by atoms with Gasteiger partial charge >= 0.3 is 0 Å². The van der Waals surface area contributed by atoms with Crippen molar-refractivity contribution in [2.45, 2.75) is 31.8 Å². The Morgan fingerprint density at radius 1 is 1.18 bits per heavy atom. The number of carbonyl (C=O) groups is 2. The molecular formula is C24H31N3O6S. The van der Waals surface area contributed by atoms with Crippen molar-refractivity contribution in [2.24, 2.45) is 0 Å². The molecule has 0 saturated carbocycles. The first kappa shape index (κ1) is 25.5. The molecule has 0 unspecified atom stereocenters. The second-order valence-electron chi connectivity index (χ2n) is 8.08. The molecule has 0 spiro atoms. The Balaban J connectivity index is 1.57. The number of nitrogens with zero attached hydrogens (tertiary/aromatic N) is 1. The zero-order valence-corrected chi connectivity index (χ0v) is 20.3. The molecule has 0 aromatic heterocycles. The summed E-state index contributed by atoms with van der Waals surface area (Å²) < 4.78 is 36.6. The van der Waals surface area contributed by atoms with Crippen molar-refractivity contribution in [1.29, 1.82) is 0 Å². The number of ether oxygens (including phenoxy) is 2. The van der Waals surface area contributed by atoms with Gasteiger partial charge in [0.25, 0.3) is 5.91 Å². The molecule has 1 heterocycles. The number of sulfonamides is 1. The number of hydrogen-bond donors (Lipinski definition) is 2. The average Bonchev–Trinajstić information content (AvgIpc) is 3.33. The molecule has 1 saturated heterocycles. The highest BCUT2D eigenvalue weighted by Crippen LogP contribution is 2.24. The van der Waals surface area contributed by atoms with Crippen LogP contribution in [0.15, 0.2) is 48.5 Å². The molecule has 9 nitrogen and oxygen atoms in total. The lowest BCUT2D eigenvalue weighted by atomic mass is 10.1. The fourth-order valence-electron chi connectivity index (χ4n) is 3.75. The average molecular weight is 490 g/mol. The van der Waals surface area contributed by atoms with Gasteiger partial charge in [0.15, 0.2) is 0 Å². The van der Waals surface area contributed by atoms with Crippen molar-refractivity contribution < 1.29 is 27.5 Å². The standard InChI is InChI=1S/C24H31N3O6S/c1-32-19-9-5-8-18(16-19)27(34(2,30)31)14-6-13-23(28)26-22-12-4-3-11-21(22)24(29)25-17-20-10-7-15-33-20/h3-5,8-9,11-12,16,20H,6-7,10,13-15,17H2,1-2H3,(H,25,29)(H,26,28)/t20-/m1/s1. The van der Waals surface area contributed by atoms with Gasteiger partial charge in [-0.25, -0.2) is 8.42 Å². The van der Waals surface area contributed by atoms with E-state index in [1.807, 2.05) is 0 Å². The van der Waals surface area contributed by atoms with Gasteiger partial charge in [-0.2, -0.15) is 0 Å². The van der Waals surface area contributed by atoms with Gasteiger partial charge in [0.2, 0.25) is 15.9 Å². The summed E-state index contributed by atoms with van der Waals surface area (Å²) in [5.74, 6) is -0.0515. The number of carbonyl (C=O) groups excluding carboxylic acids is 2. The maximum absolute atomic E-state index is 12.6. The summed E-state index contributed by atoms with van der Waals surface area (Å²) in [4.78, 5) is 25.2. The van der Waals surface area contributed by atoms with Crippen LogP contribution >= 0.6 is 0 Å². The van der Waals surface area contributed by atoms with Crippen LogP contribution in [0, 0.1) is 0 Å². The van der Waals surface area contributed by atoms with Crippen molar-refractivity contribution >= 4 is 33.2 Å². The number of anilines is 2. The van der Waals surface area contributed by atoms with Crippen molar-refractivity contribution in [1.82, 2.24) is 5.32 Å². The SMILES string of the molecule is COc1cccc(N(CCCC(=O)Nc2ccccc2C(=O)NC[C@H]2CCCO2)S(C)(=O)=O)c1. The summed E-state index contributed by atoms with van der Waals surface area (Å²) in [6.45, 7) is 1.26. The van der Waals surface area contributed by atoms with Crippen LogP contribution in [0.2, 0.25) is 0 Å². The highest BCUT2D eigenvalue weighted by Gasteiger charge is 2.20. The van der Waals surface area contributed by atoms with Gasteiger partial charge < -0.3 is 20.1 Å². The third kappa shape index (κ3) is 7.19. The molecule has 2 aromatic rings. The van der Waals surface area contributed by atoms with E-state index in [0.29, 0.717) is 42.3 Å². The van der Waals surface area contributed by atoms with Gasteiger partial charge in [0.1, 0.15) is 5.75 Å². The highest BCUT2D eigenvalue weighted by atomic mass is 32.2. The minimum absolute atomic E-state index is 0.0214. The molecule has 1 fully saturated rings. The molecule has 0 aliphatic carbocycles. The van der Waals surface area contributed by atoms with Crippen LogP contribution in [-0.2, 0) is 19.6 Å². The molecule has 10 heteroatoms. The van der Waals surface area contributed by atoms with Crippen LogP contribution in [0.3, 0.4) is 0 Å². The molecule has 1 aliphatic rings. The van der Waals surface area contributed by atoms with Crippen LogP contribution in [0.5, 0.6) is 5.75 Å². The van der Waals surface area contributed by atoms with Gasteiger partial charge in [-0.1, -0.05) is 18.2 Å². The third-order valence-electron chi connectivity index (χ3n) is 5.47. The summed E-state index contributed by atoms with van der Waals surface area (Å²) >= 11 is 0. The minimum Gasteiger partial charge on any atom is -0.497 e. The fraction of sp³-hybridized carbons (Fsp3) is 0.417. The van der Waals surface area contributed by atoms with Crippen LogP contribution in [0.4, 0.5) is 11.4 Å². The number of benzene rings is 2. The van der Waals surface area contributed by atoms with E-state index in [1.54, 1.807) is 48.5 Å². The van der Waals surface area contributed by atoms with E-state index in [-0.39, 0.29) is 30.9 Å². The van der Waals surface area contributed by atoms with Crippen molar-refractivity contribution in [3.05, 3.63) is 54.1 Å². The normalized spacial score (nSPS) is 15.5. The van der Waals surface area contributed by atoms with Crippen molar-refractivity contribution in [2.75, 3.05) is 42.7 Å². The molecule has 3 rings (SSSR count). The Hall–Kier alpha value is -3.11. The smallest absolute Gasteiger partial charge is 0.253 e. The largest absolute Gasteiger partial charge is 0.497 e. The van der Waals surface area contributed by atoms with Gasteiger partial charge in [-0.15, -0.1) is 0 Å². The van der Waals surface area contributed by atoms with E-state index in [4.69, 9.17) is 9.47 Å². The number of nitrogens with one attached hydrogen (secondary N) is 2. The minimum atomic E-state index is -3.55. The van der Waals surface area contributed by atoms with Crippen LogP contribution in [0.1, 0.15) is 36.0 Å². The molecule has 1 aliphatic heterocycles. The molecule has 184 valence electrons. The monoisotopic (exact) mass is 489 g/mol.